The van der Waals surface area contributed by atoms with Gasteiger partial charge in [0, 0.05) is 21.9 Å². The molecule has 0 aliphatic heterocycles. The number of aromatic nitrogens is 1. The third kappa shape index (κ3) is 4.12. The van der Waals surface area contributed by atoms with Crippen LogP contribution in [0.25, 0.3) is 0 Å². The Kier molecular flexibility index (Phi) is 5.40. The van der Waals surface area contributed by atoms with Crippen LogP contribution in [0.5, 0.6) is 0 Å². The van der Waals surface area contributed by atoms with Crippen LogP contribution in [0.3, 0.4) is 0 Å². The first-order valence-electron chi connectivity index (χ1n) is 7.64. The van der Waals surface area contributed by atoms with Gasteiger partial charge in [-0.3, -0.25) is 9.59 Å². The predicted molar refractivity (Wildman–Crippen MR) is 101 cm³/mol. The second-order valence-electron chi connectivity index (χ2n) is 5.55. The van der Waals surface area contributed by atoms with E-state index < -0.39 is 17.3 Å². The van der Waals surface area contributed by atoms with E-state index >= 15 is 0 Å². The van der Waals surface area contributed by atoms with Crippen LogP contribution in [0, 0.1) is 5.82 Å². The first-order valence-corrected chi connectivity index (χ1v) is 8.40. The van der Waals surface area contributed by atoms with Gasteiger partial charge in [0.25, 0.3) is 11.5 Å². The zero-order valence-corrected chi connectivity index (χ0v) is 14.9. The minimum atomic E-state index is -0.571. The average Bonchev–Trinajstić information content (AvgIpc) is 2.61. The van der Waals surface area contributed by atoms with E-state index in [0.717, 1.165) is 0 Å². The van der Waals surface area contributed by atoms with Gasteiger partial charge in [0.05, 0.1) is 6.54 Å². The summed E-state index contributed by atoms with van der Waals surface area (Å²) in [6.45, 7) is 0.201. The quantitative estimate of drug-likeness (QED) is 0.707. The molecule has 1 N–H and O–H groups in total. The van der Waals surface area contributed by atoms with Gasteiger partial charge in [-0.15, -0.1) is 0 Å². The molecule has 4 nitrogen and oxygen atoms in total. The minimum absolute atomic E-state index is 0.0260. The van der Waals surface area contributed by atoms with Gasteiger partial charge in [-0.1, -0.05) is 29.3 Å². The van der Waals surface area contributed by atoms with Crippen LogP contribution in [0.4, 0.5) is 10.1 Å². The molecule has 0 atom stereocenters. The van der Waals surface area contributed by atoms with Crippen molar-refractivity contribution in [2.45, 2.75) is 6.54 Å². The number of anilines is 1. The lowest BCUT2D eigenvalue weighted by Gasteiger charge is -2.10. The number of carbonyl (C=O) groups is 1. The maximum absolute atomic E-state index is 12.9. The Morgan fingerprint density at radius 1 is 1.08 bits per heavy atom. The van der Waals surface area contributed by atoms with E-state index in [-0.39, 0.29) is 12.1 Å². The SMILES string of the molecule is O=C(Nc1ccc(F)cc1)c1cccn(Cc2ccc(Cl)cc2Cl)c1=O. The van der Waals surface area contributed by atoms with Gasteiger partial charge in [-0.25, -0.2) is 4.39 Å². The van der Waals surface area contributed by atoms with Gasteiger partial charge in [0.2, 0.25) is 0 Å². The second-order valence-corrected chi connectivity index (χ2v) is 6.40. The summed E-state index contributed by atoms with van der Waals surface area (Å²) in [6, 6.07) is 13.3. The average molecular weight is 391 g/mol. The molecule has 7 heteroatoms. The summed E-state index contributed by atoms with van der Waals surface area (Å²) in [5.41, 5.74) is 0.612. The monoisotopic (exact) mass is 390 g/mol. The molecule has 1 aromatic heterocycles. The molecule has 0 fully saturated rings. The van der Waals surface area contributed by atoms with E-state index in [9.17, 15) is 14.0 Å². The normalized spacial score (nSPS) is 10.6. The van der Waals surface area contributed by atoms with Crippen LogP contribution in [-0.2, 0) is 6.54 Å². The number of benzene rings is 2. The fraction of sp³-hybridized carbons (Fsp3) is 0.0526. The van der Waals surface area contributed by atoms with Gasteiger partial charge in [0.1, 0.15) is 11.4 Å². The molecule has 0 unspecified atom stereocenters. The zero-order valence-electron chi connectivity index (χ0n) is 13.4. The van der Waals surface area contributed by atoms with E-state index in [1.165, 1.54) is 34.9 Å². The van der Waals surface area contributed by atoms with Crippen LogP contribution < -0.4 is 10.9 Å². The van der Waals surface area contributed by atoms with Crippen LogP contribution >= 0.6 is 23.2 Å². The molecule has 0 aliphatic rings. The Morgan fingerprint density at radius 3 is 2.50 bits per heavy atom. The van der Waals surface area contributed by atoms with Crippen LogP contribution in [-0.4, -0.2) is 10.5 Å². The summed E-state index contributed by atoms with van der Waals surface area (Å²) >= 11 is 12.0. The Morgan fingerprint density at radius 2 is 1.81 bits per heavy atom. The highest BCUT2D eigenvalue weighted by atomic mass is 35.5. The molecule has 3 rings (SSSR count). The van der Waals surface area contributed by atoms with Crippen LogP contribution in [0.15, 0.2) is 65.6 Å². The van der Waals surface area contributed by atoms with Crippen molar-refractivity contribution in [3.8, 4) is 0 Å². The lowest BCUT2D eigenvalue weighted by molar-refractivity contribution is 0.102. The third-order valence-corrected chi connectivity index (χ3v) is 4.31. The number of rotatable bonds is 4. The summed E-state index contributed by atoms with van der Waals surface area (Å²) in [5, 5.41) is 3.51. The predicted octanol–water partition coefficient (Wildman–Crippen LogP) is 4.59. The molecular weight excluding hydrogens is 378 g/mol. The van der Waals surface area contributed by atoms with Crippen molar-refractivity contribution in [2.75, 3.05) is 5.32 Å². The highest BCUT2D eigenvalue weighted by Gasteiger charge is 2.13. The number of hydrogen-bond acceptors (Lipinski definition) is 2. The molecule has 0 radical (unpaired) electrons. The van der Waals surface area contributed by atoms with Gasteiger partial charge in [0.15, 0.2) is 0 Å². The van der Waals surface area contributed by atoms with Gasteiger partial charge in [-0.2, -0.15) is 0 Å². The summed E-state index contributed by atoms with van der Waals surface area (Å²) in [4.78, 5) is 25.0. The fourth-order valence-corrected chi connectivity index (χ4v) is 2.87. The second kappa shape index (κ2) is 7.72. The number of halogens is 3. The van der Waals surface area contributed by atoms with E-state index in [0.29, 0.717) is 21.3 Å². The number of nitrogens with zero attached hydrogens (tertiary/aromatic N) is 1. The van der Waals surface area contributed by atoms with Crippen molar-refractivity contribution >= 4 is 34.8 Å². The first kappa shape index (κ1) is 18.2. The van der Waals surface area contributed by atoms with Gasteiger partial charge >= 0.3 is 0 Å². The molecule has 3 aromatic rings. The largest absolute Gasteiger partial charge is 0.322 e. The van der Waals surface area contributed by atoms with Crippen molar-refractivity contribution in [3.63, 3.8) is 0 Å². The topological polar surface area (TPSA) is 51.1 Å². The van der Waals surface area contributed by atoms with Crippen molar-refractivity contribution in [3.05, 3.63) is 98.1 Å². The van der Waals surface area contributed by atoms with E-state index in [2.05, 4.69) is 5.32 Å². The van der Waals surface area contributed by atoms with Crippen LogP contribution in [0.1, 0.15) is 15.9 Å². The Labute approximate surface area is 158 Å². The zero-order chi connectivity index (χ0) is 18.7. The van der Waals surface area contributed by atoms with Crippen molar-refractivity contribution in [1.82, 2.24) is 4.57 Å². The lowest BCUT2D eigenvalue weighted by atomic mass is 10.2. The summed E-state index contributed by atoms with van der Waals surface area (Å²) in [5.74, 6) is -0.983. The van der Waals surface area contributed by atoms with E-state index in [1.54, 1.807) is 30.5 Å². The Hall–Kier alpha value is -2.63. The smallest absolute Gasteiger partial charge is 0.263 e. The Bertz CT molecular complexity index is 1020. The summed E-state index contributed by atoms with van der Waals surface area (Å²) < 4.78 is 14.3. The van der Waals surface area contributed by atoms with Gasteiger partial charge in [-0.05, 0) is 54.1 Å². The maximum Gasteiger partial charge on any atom is 0.263 e. The van der Waals surface area contributed by atoms with Gasteiger partial charge < -0.3 is 9.88 Å². The number of pyridine rings is 1. The summed E-state index contributed by atoms with van der Waals surface area (Å²) in [7, 11) is 0. The minimum Gasteiger partial charge on any atom is -0.322 e. The number of hydrogen-bond donors (Lipinski definition) is 1. The molecule has 0 saturated carbocycles. The fourth-order valence-electron chi connectivity index (χ4n) is 2.40. The number of carbonyl (C=O) groups excluding carboxylic acids is 1. The Balaban J connectivity index is 1.85. The molecule has 132 valence electrons. The third-order valence-electron chi connectivity index (χ3n) is 3.72. The van der Waals surface area contributed by atoms with E-state index in [1.807, 2.05) is 0 Å². The highest BCUT2D eigenvalue weighted by molar-refractivity contribution is 6.35. The first-order chi connectivity index (χ1) is 12.4. The standard InChI is InChI=1S/C19H13Cl2FN2O2/c20-13-4-3-12(17(21)10-13)11-24-9-1-2-16(19(24)26)18(25)23-15-7-5-14(22)6-8-15/h1-10H,11H2,(H,23,25). The van der Waals surface area contributed by atoms with Crippen molar-refractivity contribution in [2.24, 2.45) is 0 Å². The summed E-state index contributed by atoms with van der Waals surface area (Å²) in [6.07, 6.45) is 1.57. The van der Waals surface area contributed by atoms with Crippen molar-refractivity contribution in [1.29, 1.82) is 0 Å². The van der Waals surface area contributed by atoms with Crippen LogP contribution in [0.2, 0.25) is 10.0 Å². The molecule has 0 spiro atoms. The molecule has 26 heavy (non-hydrogen) atoms. The molecule has 0 saturated heterocycles. The molecule has 0 bridgehead atoms. The molecule has 1 amide bonds. The lowest BCUT2D eigenvalue weighted by Crippen LogP contribution is -2.29. The molecular formula is C19H13Cl2FN2O2. The molecule has 1 heterocycles. The van der Waals surface area contributed by atoms with Crippen molar-refractivity contribution < 1.29 is 9.18 Å². The number of amides is 1. The molecule has 0 aliphatic carbocycles. The maximum atomic E-state index is 12.9. The molecule has 2 aromatic carbocycles. The number of nitrogens with one attached hydrogen (secondary N) is 1. The van der Waals surface area contributed by atoms with E-state index in [4.69, 9.17) is 23.2 Å². The highest BCUT2D eigenvalue weighted by Crippen LogP contribution is 2.21.